The molecule has 1 aliphatic rings. The second kappa shape index (κ2) is 20.0. The summed E-state index contributed by atoms with van der Waals surface area (Å²) in [6, 6.07) is 54.8. The molecule has 8 heteroatoms. The van der Waals surface area contributed by atoms with Gasteiger partial charge in [0.25, 0.3) is 5.92 Å². The number of benzene rings is 6. The zero-order chi connectivity index (χ0) is 42.0. The van der Waals surface area contributed by atoms with Crippen molar-refractivity contribution in [3.05, 3.63) is 226 Å². The summed E-state index contributed by atoms with van der Waals surface area (Å²) in [7, 11) is 0. The average Bonchev–Trinajstić information content (AvgIpc) is 3.76. The number of rotatable bonds is 17. The van der Waals surface area contributed by atoms with Crippen LogP contribution in [0.25, 0.3) is 10.4 Å². The highest BCUT2D eigenvalue weighted by Crippen LogP contribution is 2.52. The van der Waals surface area contributed by atoms with Gasteiger partial charge in [0.2, 0.25) is 0 Å². The lowest BCUT2D eigenvalue weighted by Gasteiger charge is -2.50. The van der Waals surface area contributed by atoms with Gasteiger partial charge in [0.1, 0.15) is 11.9 Å². The third-order valence-corrected chi connectivity index (χ3v) is 12.6. The van der Waals surface area contributed by atoms with Crippen LogP contribution >= 0.6 is 11.3 Å². The van der Waals surface area contributed by atoms with Crippen LogP contribution in [0.1, 0.15) is 49.7 Å². The summed E-state index contributed by atoms with van der Waals surface area (Å²) in [6.07, 6.45) is -2.59. The molecule has 0 aliphatic heterocycles. The van der Waals surface area contributed by atoms with E-state index in [1.807, 2.05) is 153 Å². The van der Waals surface area contributed by atoms with Crippen molar-refractivity contribution in [2.24, 2.45) is 5.92 Å². The van der Waals surface area contributed by atoms with Gasteiger partial charge in [-0.25, -0.2) is 13.2 Å². The first kappa shape index (κ1) is 42.3. The minimum atomic E-state index is -3.38. The standard InChI is InChI=1S/C53H49F3O4S/c1-37-22-23-43(30-44(37)31-46-28-29-48(61-46)42-24-26-45(54)27-25-42)49-51(59-34-40-18-10-4-11-19-40)52(60-35-41-20-12-5-13-21-41)50(58-33-39-16-8-3-9-17-39)47(53(49,55)56)36-57-32-38-14-6-2-7-15-38/h2-30,47,49-52H,31-36H2,1H3/t47-,49+,50-,51+,52+/m1/s1. The molecule has 61 heavy (non-hydrogen) atoms. The fraction of sp³-hybridized carbons (Fsp3) is 0.245. The van der Waals surface area contributed by atoms with Crippen molar-refractivity contribution >= 4 is 11.3 Å². The molecule has 6 aromatic carbocycles. The van der Waals surface area contributed by atoms with Crippen molar-refractivity contribution in [3.8, 4) is 10.4 Å². The lowest BCUT2D eigenvalue weighted by atomic mass is 9.69. The van der Waals surface area contributed by atoms with Gasteiger partial charge < -0.3 is 18.9 Å². The molecule has 0 N–H and O–H groups in total. The summed E-state index contributed by atoms with van der Waals surface area (Å²) in [6.45, 7) is 2.29. The molecule has 1 heterocycles. The maximum Gasteiger partial charge on any atom is 0.265 e. The van der Waals surface area contributed by atoms with E-state index in [1.165, 1.54) is 12.1 Å². The highest BCUT2D eigenvalue weighted by atomic mass is 32.1. The first-order valence-electron chi connectivity index (χ1n) is 20.7. The van der Waals surface area contributed by atoms with Gasteiger partial charge in [-0.05, 0) is 75.7 Å². The average molecular weight is 839 g/mol. The van der Waals surface area contributed by atoms with E-state index in [1.54, 1.807) is 23.5 Å². The highest BCUT2D eigenvalue weighted by molar-refractivity contribution is 7.15. The fourth-order valence-electron chi connectivity index (χ4n) is 8.17. The molecular weight excluding hydrogens is 790 g/mol. The predicted octanol–water partition coefficient (Wildman–Crippen LogP) is 12.8. The molecule has 1 aliphatic carbocycles. The Kier molecular flexibility index (Phi) is 13.9. The summed E-state index contributed by atoms with van der Waals surface area (Å²) in [5.74, 6) is -6.48. The largest absolute Gasteiger partial charge is 0.376 e. The number of hydrogen-bond acceptors (Lipinski definition) is 5. The summed E-state index contributed by atoms with van der Waals surface area (Å²) < 4.78 is 76.6. The van der Waals surface area contributed by atoms with E-state index in [0.29, 0.717) is 12.0 Å². The van der Waals surface area contributed by atoms with Crippen molar-refractivity contribution in [3.63, 3.8) is 0 Å². The van der Waals surface area contributed by atoms with Gasteiger partial charge in [-0.15, -0.1) is 11.3 Å². The zero-order valence-corrected chi connectivity index (χ0v) is 34.9. The number of alkyl halides is 2. The molecule has 5 atom stereocenters. The molecule has 0 unspecified atom stereocenters. The summed E-state index contributed by atoms with van der Waals surface area (Å²) in [5, 5.41) is 0. The second-order valence-corrected chi connectivity index (χ2v) is 16.8. The second-order valence-electron chi connectivity index (χ2n) is 15.7. The molecule has 1 fully saturated rings. The van der Waals surface area contributed by atoms with Gasteiger partial charge in [-0.2, -0.15) is 0 Å². The van der Waals surface area contributed by atoms with Gasteiger partial charge in [0.05, 0.1) is 57.1 Å². The summed E-state index contributed by atoms with van der Waals surface area (Å²) >= 11 is 1.61. The van der Waals surface area contributed by atoms with Gasteiger partial charge in [0.15, 0.2) is 0 Å². The number of thiophene rings is 1. The fourth-order valence-corrected chi connectivity index (χ4v) is 9.20. The van der Waals surface area contributed by atoms with Crippen LogP contribution in [0, 0.1) is 18.7 Å². The third kappa shape index (κ3) is 10.6. The first-order valence-corrected chi connectivity index (χ1v) is 21.5. The van der Waals surface area contributed by atoms with Gasteiger partial charge >= 0.3 is 0 Å². The van der Waals surface area contributed by atoms with E-state index in [4.69, 9.17) is 18.9 Å². The molecule has 1 aromatic heterocycles. The topological polar surface area (TPSA) is 36.9 Å². The molecule has 7 aromatic rings. The zero-order valence-electron chi connectivity index (χ0n) is 34.0. The van der Waals surface area contributed by atoms with Crippen LogP contribution < -0.4 is 0 Å². The minimum Gasteiger partial charge on any atom is -0.376 e. The molecule has 8 rings (SSSR count). The van der Waals surface area contributed by atoms with Gasteiger partial charge in [-0.1, -0.05) is 152 Å². The molecule has 312 valence electrons. The Bertz CT molecular complexity index is 2410. The monoisotopic (exact) mass is 838 g/mol. The van der Waals surface area contributed by atoms with E-state index in [0.717, 1.165) is 48.7 Å². The Morgan fingerprint density at radius 2 is 1.05 bits per heavy atom. The van der Waals surface area contributed by atoms with Crippen LogP contribution in [0.3, 0.4) is 0 Å². The number of hydrogen-bond donors (Lipinski definition) is 0. The van der Waals surface area contributed by atoms with Crippen LogP contribution in [0.4, 0.5) is 13.2 Å². The Morgan fingerprint density at radius 1 is 0.541 bits per heavy atom. The van der Waals surface area contributed by atoms with E-state index in [-0.39, 0.29) is 38.9 Å². The summed E-state index contributed by atoms with van der Waals surface area (Å²) in [4.78, 5) is 2.08. The van der Waals surface area contributed by atoms with Crippen LogP contribution in [0.15, 0.2) is 176 Å². The van der Waals surface area contributed by atoms with Crippen LogP contribution in [0.2, 0.25) is 0 Å². The van der Waals surface area contributed by atoms with Crippen molar-refractivity contribution in [1.82, 2.24) is 0 Å². The quantitative estimate of drug-likeness (QED) is 0.0915. The summed E-state index contributed by atoms with van der Waals surface area (Å²) in [5.41, 5.74) is 6.83. The van der Waals surface area contributed by atoms with Crippen molar-refractivity contribution < 1.29 is 32.1 Å². The first-order chi connectivity index (χ1) is 29.8. The Labute approximate surface area is 360 Å². The molecule has 0 spiro atoms. The van der Waals surface area contributed by atoms with Crippen molar-refractivity contribution in [1.29, 1.82) is 0 Å². The van der Waals surface area contributed by atoms with Crippen molar-refractivity contribution in [2.45, 2.75) is 69.9 Å². The SMILES string of the molecule is Cc1ccc([C@H]2[C@H](OCc3ccccc3)[C@@H](OCc3ccccc3)[C@H](OCc3ccccc3)[C@@H](COCc3ccccc3)C2(F)F)cc1Cc1ccc(-c2ccc(F)cc2)s1. The molecule has 0 saturated heterocycles. The van der Waals surface area contributed by atoms with E-state index < -0.39 is 36.1 Å². The van der Waals surface area contributed by atoms with Crippen molar-refractivity contribution in [2.75, 3.05) is 6.61 Å². The Balaban J connectivity index is 1.19. The minimum absolute atomic E-state index is 0.101. The van der Waals surface area contributed by atoms with E-state index in [2.05, 4.69) is 6.07 Å². The van der Waals surface area contributed by atoms with E-state index in [9.17, 15) is 4.39 Å². The lowest BCUT2D eigenvalue weighted by molar-refractivity contribution is -0.271. The third-order valence-electron chi connectivity index (χ3n) is 11.4. The number of ether oxygens (including phenoxy) is 4. The maximum atomic E-state index is 18.2. The smallest absolute Gasteiger partial charge is 0.265 e. The van der Waals surface area contributed by atoms with Gasteiger partial charge in [-0.3, -0.25) is 0 Å². The number of halogens is 3. The highest BCUT2D eigenvalue weighted by Gasteiger charge is 2.63. The normalized spacial score (nSPS) is 19.8. The molecule has 1 saturated carbocycles. The number of aryl methyl sites for hydroxylation is 1. The molecule has 0 radical (unpaired) electrons. The maximum absolute atomic E-state index is 18.2. The predicted molar refractivity (Wildman–Crippen MR) is 236 cm³/mol. The Hall–Kier alpha value is -5.35. The van der Waals surface area contributed by atoms with Gasteiger partial charge in [0, 0.05) is 16.2 Å². The van der Waals surface area contributed by atoms with Crippen LogP contribution in [-0.2, 0) is 51.8 Å². The van der Waals surface area contributed by atoms with Crippen LogP contribution in [-0.4, -0.2) is 30.8 Å². The van der Waals surface area contributed by atoms with E-state index >= 15 is 8.78 Å². The van der Waals surface area contributed by atoms with Crippen LogP contribution in [0.5, 0.6) is 0 Å². The molecule has 4 nitrogen and oxygen atoms in total. The lowest BCUT2D eigenvalue weighted by Crippen LogP contribution is -2.63. The Morgan fingerprint density at radius 3 is 1.61 bits per heavy atom. The molecule has 0 bridgehead atoms. The molecule has 0 amide bonds. The molecular formula is C53H49F3O4S.